The molecule has 21 nitrogen and oxygen atoms in total. The van der Waals surface area contributed by atoms with Crippen LogP contribution in [0, 0.1) is 5.92 Å². The Morgan fingerprint density at radius 3 is 2.31 bits per heavy atom. The van der Waals surface area contributed by atoms with Gasteiger partial charge in [0, 0.05) is 11.5 Å². The number of ether oxygens (including phenoxy) is 3. The van der Waals surface area contributed by atoms with Gasteiger partial charge in [-0.15, -0.1) is 0 Å². The molecule has 0 bridgehead atoms. The molecule has 0 saturated carbocycles. The predicted molar refractivity (Wildman–Crippen MR) is 209 cm³/mol. The maximum Gasteiger partial charge on any atom is 0.386 e. The summed E-state index contributed by atoms with van der Waals surface area (Å²) in [6.07, 6.45) is -9.77. The van der Waals surface area contributed by atoms with Crippen LogP contribution in [-0.2, 0) is 41.7 Å². The monoisotopic (exact) mass is 898 g/mol. The number of halogens is 2. The van der Waals surface area contributed by atoms with Gasteiger partial charge in [0.15, 0.2) is 52.9 Å². The SMILES string of the molecule is CC(C)C(=O)Nc1nc2c(ncn2[C@@H]2O[C@H](COCS)[C@@H](O[P@](=O)(S)OC[C@H]3O[C@@H](n4cnc5c(NC(=O)c6ccccc6)ncnc54)[C@H](F)[C@@H]3OP=O)[C@H]2F)c(=O)[nH]1. The van der Waals surface area contributed by atoms with Crippen molar-refractivity contribution < 1.29 is 55.3 Å². The standard InChI is InChI=1S/C32H34F2N10O11P2S2/c1-14(2)27(45)41-32-40-26-21(29(47)42-32)38-12-44(26)31-19(34)23(16(52-31)8-50-13-58)55-57(49,59)51-9-17-22(54-56-48)18(33)30(53-17)43-11-37-20-24(35-10-36-25(20)43)39-28(46)15-6-4-3-5-7-15/h3-7,10-12,14,16-19,22-23,30-31,58H,8-9,13H2,1-2H3,(H,49,59)(H,35,36,39,46)(H2,40,41,42,45,47)/t16-,17-,18-,19-,22-,23-,30-,31-,57-/m1/s1. The first-order chi connectivity index (χ1) is 28.3. The van der Waals surface area contributed by atoms with E-state index >= 15 is 8.78 Å². The zero-order valence-corrected chi connectivity index (χ0v) is 34.2. The summed E-state index contributed by atoms with van der Waals surface area (Å²) in [6.45, 7) is -2.37. The quantitative estimate of drug-likeness (QED) is 0.0528. The number of hydrogen-bond acceptors (Lipinski definition) is 17. The lowest BCUT2D eigenvalue weighted by atomic mass is 10.1. The Balaban J connectivity index is 1.07. The molecule has 0 unspecified atom stereocenters. The molecule has 0 aliphatic carbocycles. The number of nitrogens with one attached hydrogen (secondary N) is 3. The van der Waals surface area contributed by atoms with Crippen molar-refractivity contribution in [2.75, 3.05) is 29.8 Å². The summed E-state index contributed by atoms with van der Waals surface area (Å²) in [4.78, 5) is 61.0. The number of imidazole rings is 2. The summed E-state index contributed by atoms with van der Waals surface area (Å²) in [6, 6.07) is 8.32. The normalized spacial score (nSPS) is 25.5. The van der Waals surface area contributed by atoms with Crippen LogP contribution >= 0.6 is 40.4 Å². The summed E-state index contributed by atoms with van der Waals surface area (Å²) < 4.78 is 93.3. The maximum atomic E-state index is 16.4. The van der Waals surface area contributed by atoms with E-state index in [1.807, 2.05) is 0 Å². The highest BCUT2D eigenvalue weighted by Gasteiger charge is 2.52. The number of H-pyrrole nitrogens is 1. The van der Waals surface area contributed by atoms with Crippen LogP contribution in [0.5, 0.6) is 0 Å². The van der Waals surface area contributed by atoms with E-state index in [1.54, 1.807) is 44.2 Å². The van der Waals surface area contributed by atoms with E-state index in [4.69, 9.17) is 27.8 Å². The molecular formula is C32H34F2N10O11P2S2. The Kier molecular flexibility index (Phi) is 13.2. The molecule has 4 aromatic heterocycles. The minimum absolute atomic E-state index is 0.0309. The van der Waals surface area contributed by atoms with Crippen LogP contribution in [0.4, 0.5) is 20.5 Å². The average molecular weight is 899 g/mol. The molecule has 59 heavy (non-hydrogen) atoms. The number of aromatic amines is 1. The van der Waals surface area contributed by atoms with Crippen LogP contribution in [0.2, 0.25) is 0 Å². The van der Waals surface area contributed by atoms with Gasteiger partial charge in [-0.05, 0) is 12.1 Å². The van der Waals surface area contributed by atoms with Crippen LogP contribution in [0.3, 0.4) is 0 Å². The number of hydrogen-bond donors (Lipinski definition) is 5. The largest absolute Gasteiger partial charge is 0.386 e. The van der Waals surface area contributed by atoms with Crippen molar-refractivity contribution in [1.29, 1.82) is 0 Å². The second-order valence-electron chi connectivity index (χ2n) is 13.2. The van der Waals surface area contributed by atoms with E-state index in [9.17, 15) is 23.5 Å². The van der Waals surface area contributed by atoms with Crippen LogP contribution in [0.25, 0.3) is 22.3 Å². The fourth-order valence-corrected chi connectivity index (χ4v) is 8.20. The van der Waals surface area contributed by atoms with Gasteiger partial charge in [-0.25, -0.2) is 37.8 Å². The number of alkyl halides is 2. The minimum Gasteiger partial charge on any atom is -0.368 e. The number of benzene rings is 1. The number of rotatable bonds is 16. The Labute approximate surface area is 343 Å². The van der Waals surface area contributed by atoms with Crippen LogP contribution in [0.1, 0.15) is 36.7 Å². The molecule has 0 radical (unpaired) electrons. The average Bonchev–Trinajstić information content (AvgIpc) is 3.98. The van der Waals surface area contributed by atoms with E-state index in [2.05, 4.69) is 65.4 Å². The summed E-state index contributed by atoms with van der Waals surface area (Å²) in [5.74, 6) is -1.68. The lowest BCUT2D eigenvalue weighted by Crippen LogP contribution is -2.34. The Morgan fingerprint density at radius 2 is 1.63 bits per heavy atom. The lowest BCUT2D eigenvalue weighted by Gasteiger charge is -2.24. The molecule has 2 fully saturated rings. The number of fused-ring (bicyclic) bond motifs is 2. The number of aromatic nitrogens is 8. The number of amides is 2. The second-order valence-corrected chi connectivity index (χ2v) is 16.7. The van der Waals surface area contributed by atoms with Gasteiger partial charge in [0.1, 0.15) is 30.7 Å². The van der Waals surface area contributed by atoms with E-state index in [0.29, 0.717) is 5.56 Å². The second kappa shape index (κ2) is 18.1. The predicted octanol–water partition coefficient (Wildman–Crippen LogP) is 4.21. The van der Waals surface area contributed by atoms with E-state index < -0.39 is 94.6 Å². The van der Waals surface area contributed by atoms with Crippen molar-refractivity contribution in [2.24, 2.45) is 5.92 Å². The number of anilines is 2. The van der Waals surface area contributed by atoms with Crippen molar-refractivity contribution >= 4 is 86.3 Å². The highest BCUT2D eigenvalue weighted by molar-refractivity contribution is 8.44. The third kappa shape index (κ3) is 9.09. The first-order valence-electron chi connectivity index (χ1n) is 17.5. The molecule has 7 rings (SSSR count). The van der Waals surface area contributed by atoms with Crippen molar-refractivity contribution in [3.8, 4) is 0 Å². The Bertz CT molecular complexity index is 2450. The molecule has 9 atom stereocenters. The van der Waals surface area contributed by atoms with Crippen molar-refractivity contribution in [3.05, 3.63) is 65.2 Å². The maximum absolute atomic E-state index is 16.4. The van der Waals surface area contributed by atoms with Gasteiger partial charge in [-0.3, -0.25) is 47.4 Å². The lowest BCUT2D eigenvalue weighted by molar-refractivity contribution is -0.118. The molecule has 2 amide bonds. The van der Waals surface area contributed by atoms with E-state index in [0.717, 1.165) is 17.2 Å². The van der Waals surface area contributed by atoms with Gasteiger partial charge >= 0.3 is 15.5 Å². The van der Waals surface area contributed by atoms with Gasteiger partial charge in [0.25, 0.3) is 11.5 Å². The van der Waals surface area contributed by atoms with E-state index in [1.165, 1.54) is 10.9 Å². The van der Waals surface area contributed by atoms with Crippen molar-refractivity contribution in [1.82, 2.24) is 39.0 Å². The molecule has 0 spiro atoms. The zero-order chi connectivity index (χ0) is 42.0. The highest BCUT2D eigenvalue weighted by atomic mass is 32.7. The third-order valence-electron chi connectivity index (χ3n) is 9.10. The fourth-order valence-electron chi connectivity index (χ4n) is 6.26. The Hall–Kier alpha value is -4.29. The van der Waals surface area contributed by atoms with Gasteiger partial charge in [-0.1, -0.05) is 44.3 Å². The fraction of sp³-hybridized carbons (Fsp3) is 0.438. The first-order valence-corrected chi connectivity index (χ1v) is 21.6. The van der Waals surface area contributed by atoms with E-state index in [-0.39, 0.29) is 46.6 Å². The molecule has 5 aromatic rings. The summed E-state index contributed by atoms with van der Waals surface area (Å²) >= 11 is 8.05. The minimum atomic E-state index is -4.58. The molecule has 6 heterocycles. The topological polar surface area (TPSA) is 255 Å². The van der Waals surface area contributed by atoms with Crippen LogP contribution in [0.15, 0.2) is 54.1 Å². The molecule has 314 valence electrons. The van der Waals surface area contributed by atoms with Gasteiger partial charge in [0.2, 0.25) is 11.9 Å². The van der Waals surface area contributed by atoms with Crippen molar-refractivity contribution in [2.45, 2.75) is 63.1 Å². The molecular weight excluding hydrogens is 864 g/mol. The first kappa shape index (κ1) is 42.8. The van der Waals surface area contributed by atoms with Gasteiger partial charge in [0.05, 0.1) is 31.8 Å². The molecule has 1 aromatic carbocycles. The summed E-state index contributed by atoms with van der Waals surface area (Å²) in [7, 11) is -0.917. The molecule has 2 saturated heterocycles. The smallest absolute Gasteiger partial charge is 0.368 e. The molecule has 2 aliphatic heterocycles. The molecule has 3 N–H and O–H groups in total. The third-order valence-corrected chi connectivity index (χ3v) is 11.2. The number of thiol groups is 2. The zero-order valence-electron chi connectivity index (χ0n) is 30.6. The van der Waals surface area contributed by atoms with Gasteiger partial charge in [-0.2, -0.15) is 17.6 Å². The number of nitrogens with zero attached hydrogens (tertiary/aromatic N) is 7. The number of carbonyl (C=O) groups is 2. The highest BCUT2D eigenvalue weighted by Crippen LogP contribution is 2.57. The molecule has 2 aliphatic rings. The van der Waals surface area contributed by atoms with Gasteiger partial charge < -0.3 is 19.5 Å². The number of carbonyl (C=O) groups excluding carboxylic acids is 2. The van der Waals surface area contributed by atoms with Crippen molar-refractivity contribution in [3.63, 3.8) is 0 Å². The molecule has 27 heteroatoms. The summed E-state index contributed by atoms with van der Waals surface area (Å²) in [5.41, 5.74) is -0.571. The van der Waals surface area contributed by atoms with Crippen LogP contribution < -0.4 is 16.2 Å². The Morgan fingerprint density at radius 1 is 0.966 bits per heavy atom. The summed E-state index contributed by atoms with van der Waals surface area (Å²) in [5, 5.41) is 5.12. The van der Waals surface area contributed by atoms with Crippen LogP contribution in [-0.4, -0.2) is 107 Å².